The largest absolute Gasteiger partial charge is 0.479 e. The number of amides is 2. The summed E-state index contributed by atoms with van der Waals surface area (Å²) in [5.41, 5.74) is 1.47. The van der Waals surface area contributed by atoms with E-state index in [9.17, 15) is 9.59 Å². The Morgan fingerprint density at radius 1 is 1.41 bits per heavy atom. The second-order valence-corrected chi connectivity index (χ2v) is 6.08. The second kappa shape index (κ2) is 6.81. The molecule has 0 radical (unpaired) electrons. The van der Waals surface area contributed by atoms with Gasteiger partial charge in [-0.15, -0.1) is 0 Å². The monoisotopic (exact) mass is 304 g/mol. The van der Waals surface area contributed by atoms with Crippen LogP contribution in [0.4, 0.5) is 11.4 Å². The number of carbonyl (C=O) groups is 2. The highest BCUT2D eigenvalue weighted by Gasteiger charge is 2.31. The number of nitrogens with zero attached hydrogens (tertiary/aromatic N) is 1. The minimum Gasteiger partial charge on any atom is -0.479 e. The van der Waals surface area contributed by atoms with Crippen LogP contribution in [0.3, 0.4) is 0 Å². The molecular formula is C17H24N2O3. The molecule has 1 heterocycles. The van der Waals surface area contributed by atoms with Crippen molar-refractivity contribution in [1.82, 2.24) is 0 Å². The van der Waals surface area contributed by atoms with Crippen LogP contribution in [0.25, 0.3) is 0 Å². The van der Waals surface area contributed by atoms with Crippen LogP contribution < -0.4 is 15.0 Å². The SMILES string of the molecule is CCCC(=O)Nc1ccc2c(c1)OC(C)C(=O)N2CC(C)C. The van der Waals surface area contributed by atoms with Gasteiger partial charge in [-0.1, -0.05) is 20.8 Å². The second-order valence-electron chi connectivity index (χ2n) is 6.08. The van der Waals surface area contributed by atoms with E-state index in [0.29, 0.717) is 30.3 Å². The predicted octanol–water partition coefficient (Wildman–Crippen LogP) is 3.20. The van der Waals surface area contributed by atoms with Gasteiger partial charge in [-0.3, -0.25) is 9.59 Å². The number of carbonyl (C=O) groups excluding carboxylic acids is 2. The van der Waals surface area contributed by atoms with E-state index in [1.165, 1.54) is 0 Å². The standard InChI is InChI=1S/C17H24N2O3/c1-5-6-16(20)18-13-7-8-14-15(9-13)22-12(4)17(21)19(14)10-11(2)3/h7-9,11-12H,5-6,10H2,1-4H3,(H,18,20). The summed E-state index contributed by atoms with van der Waals surface area (Å²) in [5.74, 6) is 0.971. The highest BCUT2D eigenvalue weighted by Crippen LogP contribution is 2.36. The van der Waals surface area contributed by atoms with Gasteiger partial charge in [-0.2, -0.15) is 0 Å². The summed E-state index contributed by atoms with van der Waals surface area (Å²) in [4.78, 5) is 25.8. The summed E-state index contributed by atoms with van der Waals surface area (Å²) in [6.45, 7) is 8.52. The third kappa shape index (κ3) is 3.59. The van der Waals surface area contributed by atoms with Gasteiger partial charge in [0.05, 0.1) is 5.69 Å². The molecule has 0 bridgehead atoms. The zero-order valence-electron chi connectivity index (χ0n) is 13.7. The lowest BCUT2D eigenvalue weighted by atomic mass is 10.1. The minimum atomic E-state index is -0.507. The van der Waals surface area contributed by atoms with Gasteiger partial charge in [0.25, 0.3) is 5.91 Å². The average Bonchev–Trinajstić information content (AvgIpc) is 2.43. The number of anilines is 2. The molecule has 1 aromatic rings. The molecule has 0 saturated heterocycles. The van der Waals surface area contributed by atoms with Gasteiger partial charge >= 0.3 is 0 Å². The summed E-state index contributed by atoms with van der Waals surface area (Å²) >= 11 is 0. The van der Waals surface area contributed by atoms with Gasteiger partial charge in [0.15, 0.2) is 6.10 Å². The Kier molecular flexibility index (Phi) is 5.06. The van der Waals surface area contributed by atoms with Crippen molar-refractivity contribution < 1.29 is 14.3 Å². The molecule has 1 atom stereocenters. The number of hydrogen-bond acceptors (Lipinski definition) is 3. The van der Waals surface area contributed by atoms with Gasteiger partial charge in [-0.25, -0.2) is 0 Å². The van der Waals surface area contributed by atoms with Crippen LogP contribution in [0.15, 0.2) is 18.2 Å². The first-order valence-electron chi connectivity index (χ1n) is 7.84. The number of nitrogens with one attached hydrogen (secondary N) is 1. The summed E-state index contributed by atoms with van der Waals surface area (Å²) in [6, 6.07) is 5.44. The van der Waals surface area contributed by atoms with Gasteiger partial charge in [0.1, 0.15) is 5.75 Å². The Balaban J connectivity index is 2.26. The van der Waals surface area contributed by atoms with Crippen molar-refractivity contribution in [2.75, 3.05) is 16.8 Å². The molecule has 1 aromatic carbocycles. The lowest BCUT2D eigenvalue weighted by Crippen LogP contribution is -2.46. The van der Waals surface area contributed by atoms with E-state index < -0.39 is 6.10 Å². The summed E-state index contributed by atoms with van der Waals surface area (Å²) in [7, 11) is 0. The first-order chi connectivity index (χ1) is 10.4. The number of fused-ring (bicyclic) bond motifs is 1. The zero-order chi connectivity index (χ0) is 16.3. The van der Waals surface area contributed by atoms with Crippen molar-refractivity contribution >= 4 is 23.2 Å². The molecule has 0 fully saturated rings. The lowest BCUT2D eigenvalue weighted by molar-refractivity contribution is -0.125. The molecule has 1 N–H and O–H groups in total. The Morgan fingerprint density at radius 2 is 2.14 bits per heavy atom. The van der Waals surface area contributed by atoms with Crippen molar-refractivity contribution in [2.45, 2.75) is 46.6 Å². The molecule has 5 heteroatoms. The molecule has 2 rings (SSSR count). The normalized spacial score (nSPS) is 17.2. The fourth-order valence-corrected chi connectivity index (χ4v) is 2.49. The molecule has 1 unspecified atom stereocenters. The number of ether oxygens (including phenoxy) is 1. The van der Waals surface area contributed by atoms with E-state index in [2.05, 4.69) is 19.2 Å². The van der Waals surface area contributed by atoms with Crippen molar-refractivity contribution in [3.63, 3.8) is 0 Å². The molecule has 5 nitrogen and oxygen atoms in total. The van der Waals surface area contributed by atoms with Crippen LogP contribution in [0.1, 0.15) is 40.5 Å². The smallest absolute Gasteiger partial charge is 0.267 e. The van der Waals surface area contributed by atoms with Gasteiger partial charge in [0, 0.05) is 24.7 Å². The molecule has 0 aliphatic carbocycles. The molecule has 0 spiro atoms. The van der Waals surface area contributed by atoms with Crippen LogP contribution in [-0.4, -0.2) is 24.5 Å². The molecule has 0 aromatic heterocycles. The van der Waals surface area contributed by atoms with Crippen molar-refractivity contribution in [1.29, 1.82) is 0 Å². The topological polar surface area (TPSA) is 58.6 Å². The quantitative estimate of drug-likeness (QED) is 0.909. The lowest BCUT2D eigenvalue weighted by Gasteiger charge is -2.34. The molecule has 0 saturated carbocycles. The van der Waals surface area contributed by atoms with E-state index in [0.717, 1.165) is 12.1 Å². The van der Waals surface area contributed by atoms with E-state index in [1.54, 1.807) is 17.9 Å². The van der Waals surface area contributed by atoms with Crippen molar-refractivity contribution in [3.8, 4) is 5.75 Å². The molecule has 1 aliphatic rings. The minimum absolute atomic E-state index is 0.0126. The van der Waals surface area contributed by atoms with Gasteiger partial charge in [0.2, 0.25) is 5.91 Å². The van der Waals surface area contributed by atoms with Gasteiger partial charge in [-0.05, 0) is 31.4 Å². The predicted molar refractivity (Wildman–Crippen MR) is 87.3 cm³/mol. The average molecular weight is 304 g/mol. The molecule has 120 valence electrons. The maximum Gasteiger partial charge on any atom is 0.267 e. The first-order valence-corrected chi connectivity index (χ1v) is 7.84. The Hall–Kier alpha value is -2.04. The fraction of sp³-hybridized carbons (Fsp3) is 0.529. The molecular weight excluding hydrogens is 280 g/mol. The number of hydrogen-bond donors (Lipinski definition) is 1. The fourth-order valence-electron chi connectivity index (χ4n) is 2.49. The highest BCUT2D eigenvalue weighted by molar-refractivity contribution is 6.00. The van der Waals surface area contributed by atoms with Crippen LogP contribution in [0.5, 0.6) is 5.75 Å². The molecule has 22 heavy (non-hydrogen) atoms. The Labute approximate surface area is 131 Å². The van der Waals surface area contributed by atoms with Crippen LogP contribution in [0, 0.1) is 5.92 Å². The molecule has 1 aliphatic heterocycles. The number of benzene rings is 1. The van der Waals surface area contributed by atoms with E-state index in [4.69, 9.17) is 4.74 Å². The van der Waals surface area contributed by atoms with E-state index in [-0.39, 0.29) is 11.8 Å². The Morgan fingerprint density at radius 3 is 2.77 bits per heavy atom. The maximum atomic E-state index is 12.3. The van der Waals surface area contributed by atoms with Crippen LogP contribution >= 0.6 is 0 Å². The third-order valence-corrected chi connectivity index (χ3v) is 3.48. The van der Waals surface area contributed by atoms with Gasteiger partial charge < -0.3 is 15.0 Å². The van der Waals surface area contributed by atoms with E-state index in [1.807, 2.05) is 19.1 Å². The first kappa shape index (κ1) is 16.3. The van der Waals surface area contributed by atoms with Crippen LogP contribution in [-0.2, 0) is 9.59 Å². The van der Waals surface area contributed by atoms with Crippen LogP contribution in [0.2, 0.25) is 0 Å². The summed E-state index contributed by atoms with van der Waals surface area (Å²) in [5, 5.41) is 2.85. The zero-order valence-corrected chi connectivity index (χ0v) is 13.7. The maximum absolute atomic E-state index is 12.3. The highest BCUT2D eigenvalue weighted by atomic mass is 16.5. The third-order valence-electron chi connectivity index (χ3n) is 3.48. The summed E-state index contributed by atoms with van der Waals surface area (Å²) in [6.07, 6.45) is 0.792. The molecule has 2 amide bonds. The van der Waals surface area contributed by atoms with E-state index >= 15 is 0 Å². The van der Waals surface area contributed by atoms with Crippen molar-refractivity contribution in [2.24, 2.45) is 5.92 Å². The summed E-state index contributed by atoms with van der Waals surface area (Å²) < 4.78 is 5.70. The Bertz CT molecular complexity index is 569. The van der Waals surface area contributed by atoms with Crippen molar-refractivity contribution in [3.05, 3.63) is 18.2 Å². The number of rotatable bonds is 5.